The van der Waals surface area contributed by atoms with Crippen LogP contribution in [0.15, 0.2) is 43.0 Å². The lowest BCUT2D eigenvalue weighted by Crippen LogP contribution is -2.49. The van der Waals surface area contributed by atoms with Crippen LogP contribution in [0.3, 0.4) is 0 Å². The molecular weight excluding hydrogens is 448 g/mol. The van der Waals surface area contributed by atoms with Crippen molar-refractivity contribution in [2.45, 2.75) is 20.0 Å². The Balaban J connectivity index is 1.44. The van der Waals surface area contributed by atoms with Crippen LogP contribution in [0.4, 0.5) is 11.5 Å². The summed E-state index contributed by atoms with van der Waals surface area (Å²) in [6.07, 6.45) is 6.00. The molecule has 1 fully saturated rings. The first kappa shape index (κ1) is 23.9. The Hall–Kier alpha value is -4.28. The van der Waals surface area contributed by atoms with Gasteiger partial charge in [0.1, 0.15) is 11.5 Å². The van der Waals surface area contributed by atoms with Crippen LogP contribution in [-0.2, 0) is 0 Å². The Morgan fingerprint density at radius 2 is 1.77 bits per heavy atom. The molecule has 0 bridgehead atoms. The molecular formula is C24H28N8O3. The van der Waals surface area contributed by atoms with Crippen molar-refractivity contribution in [2.24, 2.45) is 0 Å². The third kappa shape index (κ3) is 5.45. The zero-order valence-electron chi connectivity index (χ0n) is 19.9. The van der Waals surface area contributed by atoms with Crippen molar-refractivity contribution in [2.75, 3.05) is 43.9 Å². The minimum atomic E-state index is -0.170. The van der Waals surface area contributed by atoms with E-state index in [0.717, 1.165) is 5.82 Å². The van der Waals surface area contributed by atoms with Crippen LogP contribution in [0.2, 0.25) is 0 Å². The van der Waals surface area contributed by atoms with Gasteiger partial charge in [0.2, 0.25) is 11.8 Å². The number of methoxy groups -OCH3 is 1. The number of aromatic nitrogens is 4. The first-order valence-electron chi connectivity index (χ1n) is 11.2. The minimum absolute atomic E-state index is 0.0389. The number of anilines is 2. The molecule has 1 saturated heterocycles. The van der Waals surface area contributed by atoms with Crippen molar-refractivity contribution in [1.29, 1.82) is 5.41 Å². The van der Waals surface area contributed by atoms with E-state index < -0.39 is 0 Å². The fourth-order valence-corrected chi connectivity index (χ4v) is 3.70. The second-order valence-corrected chi connectivity index (χ2v) is 8.28. The molecule has 0 radical (unpaired) electrons. The number of carbonyl (C=O) groups excluding carboxylic acids is 1. The topological polar surface area (TPSA) is 143 Å². The molecule has 4 heterocycles. The summed E-state index contributed by atoms with van der Waals surface area (Å²) in [6.45, 7) is 6.06. The molecule has 4 rings (SSSR count). The molecule has 0 spiro atoms. The molecule has 35 heavy (non-hydrogen) atoms. The summed E-state index contributed by atoms with van der Waals surface area (Å²) in [6, 6.07) is 5.32. The van der Waals surface area contributed by atoms with E-state index in [-0.39, 0.29) is 23.4 Å². The van der Waals surface area contributed by atoms with E-state index in [2.05, 4.69) is 24.8 Å². The molecule has 1 aliphatic rings. The number of pyridine rings is 2. The van der Waals surface area contributed by atoms with Crippen LogP contribution in [0.25, 0.3) is 0 Å². The Morgan fingerprint density at radius 3 is 2.43 bits per heavy atom. The Labute approximate surface area is 203 Å². The minimum Gasteiger partial charge on any atom is -0.480 e. The van der Waals surface area contributed by atoms with Crippen LogP contribution < -0.4 is 20.1 Å². The maximum atomic E-state index is 12.8. The van der Waals surface area contributed by atoms with Crippen molar-refractivity contribution in [1.82, 2.24) is 24.8 Å². The van der Waals surface area contributed by atoms with E-state index in [1.807, 2.05) is 19.9 Å². The van der Waals surface area contributed by atoms with Gasteiger partial charge in [-0.15, -0.1) is 0 Å². The summed E-state index contributed by atoms with van der Waals surface area (Å²) in [7, 11) is 1.50. The summed E-state index contributed by atoms with van der Waals surface area (Å²) in [4.78, 5) is 33.5. The molecule has 0 saturated carbocycles. The first-order chi connectivity index (χ1) is 16.9. The maximum Gasteiger partial charge on any atom is 0.274 e. The summed E-state index contributed by atoms with van der Waals surface area (Å²) in [5.41, 5.74) is 8.27. The van der Waals surface area contributed by atoms with Crippen molar-refractivity contribution in [3.63, 3.8) is 0 Å². The van der Waals surface area contributed by atoms with Crippen molar-refractivity contribution >= 4 is 23.1 Å². The molecule has 11 nitrogen and oxygen atoms in total. The molecule has 0 aliphatic carbocycles. The number of amides is 1. The number of carbonyl (C=O) groups is 1. The Kier molecular flexibility index (Phi) is 7.04. The number of nitrogens with zero attached hydrogens (tertiary/aromatic N) is 6. The Morgan fingerprint density at radius 1 is 1.03 bits per heavy atom. The quantitative estimate of drug-likeness (QED) is 0.489. The zero-order valence-corrected chi connectivity index (χ0v) is 19.9. The second kappa shape index (κ2) is 10.3. The largest absolute Gasteiger partial charge is 0.480 e. The molecule has 11 heteroatoms. The number of ether oxygens (including phenoxy) is 2. The molecule has 3 N–H and O–H groups in total. The molecule has 3 aromatic heterocycles. The molecule has 3 aromatic rings. The fourth-order valence-electron chi connectivity index (χ4n) is 3.70. The molecule has 0 unspecified atom stereocenters. The van der Waals surface area contributed by atoms with E-state index in [9.17, 15) is 4.79 Å². The molecule has 182 valence electrons. The van der Waals surface area contributed by atoms with Gasteiger partial charge in [0, 0.05) is 49.6 Å². The summed E-state index contributed by atoms with van der Waals surface area (Å²) in [5.74, 6) is 1.34. The van der Waals surface area contributed by atoms with Gasteiger partial charge in [-0.25, -0.2) is 19.9 Å². The standard InChI is InChI=1S/C24H28N8O3/c1-15(2)35-21-11-17(18(25)12-29-21)23(26)16-4-5-27-20(10-16)31-6-8-32(9-7-31)24(33)19-13-30-22(34-3)14-28-19/h4-5,10-15,26H,6-9,25H2,1-3H3. The third-order valence-corrected chi connectivity index (χ3v) is 5.52. The van der Waals surface area contributed by atoms with Crippen LogP contribution >= 0.6 is 0 Å². The fraction of sp³-hybridized carbons (Fsp3) is 0.333. The van der Waals surface area contributed by atoms with Crippen molar-refractivity contribution in [3.05, 3.63) is 59.8 Å². The lowest BCUT2D eigenvalue weighted by atomic mass is 10.0. The zero-order chi connectivity index (χ0) is 24.9. The molecule has 0 aromatic carbocycles. The number of nitrogens with one attached hydrogen (secondary N) is 1. The van der Waals surface area contributed by atoms with Gasteiger partial charge < -0.3 is 25.0 Å². The summed E-state index contributed by atoms with van der Waals surface area (Å²) < 4.78 is 10.7. The van der Waals surface area contributed by atoms with Gasteiger partial charge in [-0.1, -0.05) is 0 Å². The highest BCUT2D eigenvalue weighted by atomic mass is 16.5. The lowest BCUT2D eigenvalue weighted by Gasteiger charge is -2.35. The van der Waals surface area contributed by atoms with Crippen LogP contribution in [0.5, 0.6) is 11.8 Å². The Bertz CT molecular complexity index is 1210. The number of rotatable bonds is 7. The second-order valence-electron chi connectivity index (χ2n) is 8.28. The monoisotopic (exact) mass is 476 g/mol. The number of hydrogen-bond acceptors (Lipinski definition) is 10. The number of hydrogen-bond donors (Lipinski definition) is 2. The van der Waals surface area contributed by atoms with Gasteiger partial charge >= 0.3 is 0 Å². The van der Waals surface area contributed by atoms with E-state index in [1.165, 1.54) is 25.7 Å². The van der Waals surface area contributed by atoms with E-state index in [0.29, 0.717) is 54.8 Å². The summed E-state index contributed by atoms with van der Waals surface area (Å²) in [5, 5.41) is 8.73. The van der Waals surface area contributed by atoms with Gasteiger partial charge in [0.25, 0.3) is 5.91 Å². The van der Waals surface area contributed by atoms with E-state index >= 15 is 0 Å². The van der Waals surface area contributed by atoms with Gasteiger partial charge in [-0.05, 0) is 26.0 Å². The normalized spacial score (nSPS) is 13.6. The van der Waals surface area contributed by atoms with Gasteiger partial charge in [0.15, 0.2) is 0 Å². The highest BCUT2D eigenvalue weighted by Crippen LogP contribution is 2.23. The lowest BCUT2D eigenvalue weighted by molar-refractivity contribution is 0.0740. The van der Waals surface area contributed by atoms with E-state index in [1.54, 1.807) is 23.2 Å². The number of piperazine rings is 1. The van der Waals surface area contributed by atoms with Crippen LogP contribution in [-0.4, -0.2) is 75.8 Å². The third-order valence-electron chi connectivity index (χ3n) is 5.52. The molecule has 1 aliphatic heterocycles. The molecule has 1 amide bonds. The SMILES string of the molecule is COc1cnc(C(=O)N2CCN(c3cc(C(=N)c4cc(OC(C)C)ncc4N)ccn3)CC2)cn1. The average Bonchev–Trinajstić information content (AvgIpc) is 2.89. The highest BCUT2D eigenvalue weighted by Gasteiger charge is 2.24. The predicted octanol–water partition coefficient (Wildman–Crippen LogP) is 2.02. The highest BCUT2D eigenvalue weighted by molar-refractivity contribution is 6.14. The van der Waals surface area contributed by atoms with Crippen LogP contribution in [0.1, 0.15) is 35.5 Å². The first-order valence-corrected chi connectivity index (χ1v) is 11.2. The van der Waals surface area contributed by atoms with Crippen molar-refractivity contribution in [3.8, 4) is 11.8 Å². The van der Waals surface area contributed by atoms with Crippen molar-refractivity contribution < 1.29 is 14.3 Å². The maximum absolute atomic E-state index is 12.8. The van der Waals surface area contributed by atoms with Gasteiger partial charge in [-0.3, -0.25) is 10.2 Å². The average molecular weight is 477 g/mol. The predicted molar refractivity (Wildman–Crippen MR) is 131 cm³/mol. The summed E-state index contributed by atoms with van der Waals surface area (Å²) >= 11 is 0. The van der Waals surface area contributed by atoms with E-state index in [4.69, 9.17) is 20.6 Å². The van der Waals surface area contributed by atoms with Gasteiger partial charge in [-0.2, -0.15) is 0 Å². The molecule has 0 atom stereocenters. The number of nitrogen functional groups attached to an aromatic ring is 1. The number of nitrogens with two attached hydrogens (primary N) is 1. The van der Waals surface area contributed by atoms with Crippen LogP contribution in [0, 0.1) is 5.41 Å². The smallest absolute Gasteiger partial charge is 0.274 e. The van der Waals surface area contributed by atoms with Gasteiger partial charge in [0.05, 0.1) is 43.2 Å².